The standard InChI is InChI=1S/C17H13Br2NO2/c18-15-8-9-16(19)14(11-15)7-4-10-20-17(21)22-12-13-5-2-1-3-6-13/h1-3,5-6,8-9,11H,10,12H2,(H,20,21). The van der Waals surface area contributed by atoms with Crippen molar-refractivity contribution in [3.63, 3.8) is 0 Å². The van der Waals surface area contributed by atoms with Gasteiger partial charge in [0.25, 0.3) is 0 Å². The van der Waals surface area contributed by atoms with Crippen molar-refractivity contribution in [2.45, 2.75) is 6.61 Å². The molecule has 0 atom stereocenters. The van der Waals surface area contributed by atoms with Gasteiger partial charge in [-0.05, 0) is 39.7 Å². The molecule has 0 unspecified atom stereocenters. The quantitative estimate of drug-likeness (QED) is 0.740. The number of hydrogen-bond donors (Lipinski definition) is 1. The second kappa shape index (κ2) is 8.62. The Balaban J connectivity index is 1.78. The topological polar surface area (TPSA) is 38.3 Å². The highest BCUT2D eigenvalue weighted by Crippen LogP contribution is 2.20. The largest absolute Gasteiger partial charge is 0.445 e. The molecule has 0 saturated carbocycles. The monoisotopic (exact) mass is 421 g/mol. The molecule has 0 aromatic heterocycles. The summed E-state index contributed by atoms with van der Waals surface area (Å²) >= 11 is 6.82. The van der Waals surface area contributed by atoms with E-state index in [1.165, 1.54) is 0 Å². The summed E-state index contributed by atoms with van der Waals surface area (Å²) in [6, 6.07) is 15.3. The van der Waals surface area contributed by atoms with Crippen molar-refractivity contribution in [3.05, 3.63) is 68.6 Å². The van der Waals surface area contributed by atoms with Crippen LogP contribution in [0, 0.1) is 11.8 Å². The molecule has 3 nitrogen and oxygen atoms in total. The molecule has 0 fully saturated rings. The van der Waals surface area contributed by atoms with Crippen LogP contribution in [0.4, 0.5) is 4.79 Å². The van der Waals surface area contributed by atoms with Gasteiger partial charge in [0.15, 0.2) is 0 Å². The van der Waals surface area contributed by atoms with Gasteiger partial charge >= 0.3 is 6.09 Å². The maximum atomic E-state index is 11.5. The van der Waals surface area contributed by atoms with Crippen LogP contribution in [-0.4, -0.2) is 12.6 Å². The Labute approximate surface area is 146 Å². The number of ether oxygens (including phenoxy) is 1. The smallest absolute Gasteiger partial charge is 0.408 e. The van der Waals surface area contributed by atoms with E-state index in [1.54, 1.807) is 0 Å². The number of alkyl carbamates (subject to hydrolysis) is 1. The number of amides is 1. The van der Waals surface area contributed by atoms with E-state index in [0.29, 0.717) is 0 Å². The summed E-state index contributed by atoms with van der Waals surface area (Å²) in [4.78, 5) is 11.5. The van der Waals surface area contributed by atoms with Crippen LogP contribution in [0.3, 0.4) is 0 Å². The van der Waals surface area contributed by atoms with Gasteiger partial charge in [-0.15, -0.1) is 0 Å². The number of rotatable bonds is 3. The van der Waals surface area contributed by atoms with Crippen molar-refractivity contribution in [1.29, 1.82) is 0 Å². The molecule has 0 aliphatic rings. The number of nitrogens with one attached hydrogen (secondary N) is 1. The summed E-state index contributed by atoms with van der Waals surface area (Å²) < 4.78 is 6.95. The van der Waals surface area contributed by atoms with E-state index < -0.39 is 6.09 Å². The second-order valence-electron chi connectivity index (χ2n) is 4.34. The molecule has 0 aliphatic carbocycles. The van der Waals surface area contributed by atoms with Crippen molar-refractivity contribution in [2.75, 3.05) is 6.54 Å². The molecular weight excluding hydrogens is 410 g/mol. The normalized spacial score (nSPS) is 9.55. The fraction of sp³-hybridized carbons (Fsp3) is 0.118. The minimum absolute atomic E-state index is 0.229. The molecule has 0 heterocycles. The average Bonchev–Trinajstić information content (AvgIpc) is 2.53. The van der Waals surface area contributed by atoms with Gasteiger partial charge in [-0.2, -0.15) is 0 Å². The van der Waals surface area contributed by atoms with Gasteiger partial charge in [0.1, 0.15) is 6.61 Å². The summed E-state index contributed by atoms with van der Waals surface area (Å²) in [5.41, 5.74) is 1.80. The van der Waals surface area contributed by atoms with E-state index in [9.17, 15) is 4.79 Å². The molecule has 2 aromatic rings. The molecule has 112 valence electrons. The van der Waals surface area contributed by atoms with Crippen LogP contribution < -0.4 is 5.32 Å². The lowest BCUT2D eigenvalue weighted by Gasteiger charge is -2.04. The third kappa shape index (κ3) is 5.55. The van der Waals surface area contributed by atoms with E-state index >= 15 is 0 Å². The Hall–Kier alpha value is -1.77. The van der Waals surface area contributed by atoms with E-state index in [0.717, 1.165) is 20.1 Å². The van der Waals surface area contributed by atoms with Gasteiger partial charge in [-0.3, -0.25) is 0 Å². The van der Waals surface area contributed by atoms with E-state index in [1.807, 2.05) is 48.5 Å². The molecule has 0 aliphatic heterocycles. The fourth-order valence-electron chi connectivity index (χ4n) is 1.62. The summed E-state index contributed by atoms with van der Waals surface area (Å²) in [7, 11) is 0. The SMILES string of the molecule is O=C(NCC#Cc1cc(Br)ccc1Br)OCc1ccccc1. The van der Waals surface area contributed by atoms with Gasteiger partial charge in [-0.25, -0.2) is 4.79 Å². The van der Waals surface area contributed by atoms with Crippen LogP contribution in [0.2, 0.25) is 0 Å². The first-order valence-electron chi connectivity index (χ1n) is 6.53. The highest BCUT2D eigenvalue weighted by molar-refractivity contribution is 9.11. The highest BCUT2D eigenvalue weighted by Gasteiger charge is 2.00. The van der Waals surface area contributed by atoms with Crippen molar-refractivity contribution in [1.82, 2.24) is 5.32 Å². The van der Waals surface area contributed by atoms with Gasteiger partial charge in [0.2, 0.25) is 0 Å². The van der Waals surface area contributed by atoms with Crippen LogP contribution in [0.15, 0.2) is 57.5 Å². The summed E-state index contributed by atoms with van der Waals surface area (Å²) in [5, 5.41) is 2.60. The maximum Gasteiger partial charge on any atom is 0.408 e. The molecule has 1 N–H and O–H groups in total. The average molecular weight is 423 g/mol. The Morgan fingerprint density at radius 3 is 2.68 bits per heavy atom. The van der Waals surface area contributed by atoms with Crippen LogP contribution >= 0.6 is 31.9 Å². The lowest BCUT2D eigenvalue weighted by molar-refractivity contribution is 0.141. The Morgan fingerprint density at radius 2 is 1.91 bits per heavy atom. The third-order valence-corrected chi connectivity index (χ3v) is 3.87. The zero-order valence-electron chi connectivity index (χ0n) is 11.6. The molecule has 0 saturated heterocycles. The van der Waals surface area contributed by atoms with E-state index in [-0.39, 0.29) is 13.2 Å². The van der Waals surface area contributed by atoms with Gasteiger partial charge in [0.05, 0.1) is 6.54 Å². The van der Waals surface area contributed by atoms with Crippen LogP contribution in [0.25, 0.3) is 0 Å². The number of halogens is 2. The van der Waals surface area contributed by atoms with Gasteiger partial charge < -0.3 is 10.1 Å². The van der Waals surface area contributed by atoms with Gasteiger partial charge in [0, 0.05) is 14.5 Å². The van der Waals surface area contributed by atoms with Crippen molar-refractivity contribution >= 4 is 38.0 Å². The van der Waals surface area contributed by atoms with Crippen LogP contribution in [0.5, 0.6) is 0 Å². The predicted molar refractivity (Wildman–Crippen MR) is 93.3 cm³/mol. The minimum Gasteiger partial charge on any atom is -0.445 e. The predicted octanol–water partition coefficient (Wildman–Crippen LogP) is 4.49. The van der Waals surface area contributed by atoms with Crippen molar-refractivity contribution < 1.29 is 9.53 Å². The third-order valence-electron chi connectivity index (χ3n) is 2.69. The molecule has 0 radical (unpaired) electrons. The number of hydrogen-bond acceptors (Lipinski definition) is 2. The first-order chi connectivity index (χ1) is 10.6. The number of benzene rings is 2. The molecule has 2 aromatic carbocycles. The maximum absolute atomic E-state index is 11.5. The Kier molecular flexibility index (Phi) is 6.50. The molecule has 0 bridgehead atoms. The molecular formula is C17H13Br2NO2. The van der Waals surface area contributed by atoms with Crippen molar-refractivity contribution in [3.8, 4) is 11.8 Å². The van der Waals surface area contributed by atoms with Crippen LogP contribution in [-0.2, 0) is 11.3 Å². The van der Waals surface area contributed by atoms with E-state index in [4.69, 9.17) is 4.74 Å². The highest BCUT2D eigenvalue weighted by atomic mass is 79.9. The number of carbonyl (C=O) groups excluding carboxylic acids is 1. The molecule has 1 amide bonds. The molecule has 5 heteroatoms. The van der Waals surface area contributed by atoms with E-state index in [2.05, 4.69) is 49.0 Å². The zero-order valence-corrected chi connectivity index (χ0v) is 14.8. The van der Waals surface area contributed by atoms with Crippen LogP contribution in [0.1, 0.15) is 11.1 Å². The number of carbonyl (C=O) groups is 1. The molecule has 0 spiro atoms. The first-order valence-corrected chi connectivity index (χ1v) is 8.12. The van der Waals surface area contributed by atoms with Gasteiger partial charge in [-0.1, -0.05) is 58.1 Å². The van der Waals surface area contributed by atoms with Crippen molar-refractivity contribution in [2.24, 2.45) is 0 Å². The summed E-state index contributed by atoms with van der Waals surface area (Å²) in [6.45, 7) is 0.476. The fourth-order valence-corrected chi connectivity index (χ4v) is 2.33. The zero-order chi connectivity index (χ0) is 15.8. The summed E-state index contributed by atoms with van der Waals surface area (Å²) in [6.07, 6.45) is -0.480. The Morgan fingerprint density at radius 1 is 1.14 bits per heavy atom. The second-order valence-corrected chi connectivity index (χ2v) is 6.11. The lowest BCUT2D eigenvalue weighted by atomic mass is 10.2. The molecule has 22 heavy (non-hydrogen) atoms. The summed E-state index contributed by atoms with van der Waals surface area (Å²) in [5.74, 6) is 5.87. The first kappa shape index (κ1) is 16.6. The lowest BCUT2D eigenvalue weighted by Crippen LogP contribution is -2.24. The molecule has 2 rings (SSSR count). The minimum atomic E-state index is -0.480. The Bertz CT molecular complexity index is 706.